The van der Waals surface area contributed by atoms with Crippen molar-refractivity contribution in [2.45, 2.75) is 50.9 Å². The lowest BCUT2D eigenvalue weighted by Crippen LogP contribution is -2.37. The summed E-state index contributed by atoms with van der Waals surface area (Å²) in [7, 11) is 5.18. The van der Waals surface area contributed by atoms with Crippen LogP contribution in [0.2, 0.25) is 10.0 Å². The van der Waals surface area contributed by atoms with Gasteiger partial charge in [0.1, 0.15) is 11.4 Å². The summed E-state index contributed by atoms with van der Waals surface area (Å²) in [5.41, 5.74) is 5.35. The molecule has 2 aliphatic rings. The Hall–Kier alpha value is -3.87. The molecule has 0 unspecified atom stereocenters. The first-order chi connectivity index (χ1) is 23.2. The molecule has 2 fully saturated rings. The molecule has 1 aliphatic carbocycles. The summed E-state index contributed by atoms with van der Waals surface area (Å²) < 4.78 is 11.2. The number of halogens is 2. The van der Waals surface area contributed by atoms with E-state index < -0.39 is 0 Å². The van der Waals surface area contributed by atoms with Crippen LogP contribution in [0.5, 0.6) is 11.8 Å². The molecule has 0 radical (unpaired) electrons. The molecule has 0 bridgehead atoms. The van der Waals surface area contributed by atoms with Crippen molar-refractivity contribution in [3.63, 3.8) is 0 Å². The van der Waals surface area contributed by atoms with Crippen LogP contribution < -0.4 is 20.1 Å². The van der Waals surface area contributed by atoms with Gasteiger partial charge in [-0.2, -0.15) is 0 Å². The number of methoxy groups -OCH3 is 2. The Balaban J connectivity index is 1.21. The van der Waals surface area contributed by atoms with Gasteiger partial charge in [-0.05, 0) is 32.2 Å². The Morgan fingerprint density at radius 3 is 2.02 bits per heavy atom. The molecule has 1 saturated carbocycles. The molecule has 2 aromatic heterocycles. The third-order valence-corrected chi connectivity index (χ3v) is 9.63. The molecule has 13 heteroatoms. The monoisotopic (exact) mass is 691 g/mol. The fourth-order valence-corrected chi connectivity index (χ4v) is 6.94. The third-order valence-electron chi connectivity index (χ3n) is 8.82. The highest BCUT2D eigenvalue weighted by Crippen LogP contribution is 2.42. The number of benzene rings is 2. The normalized spacial score (nSPS) is 18.9. The largest absolute Gasteiger partial charge is 0.480 e. The minimum Gasteiger partial charge on any atom is -0.480 e. The van der Waals surface area contributed by atoms with E-state index in [1.807, 2.05) is 43.4 Å². The molecule has 1 saturated heterocycles. The fourth-order valence-electron chi connectivity index (χ4n) is 6.29. The van der Waals surface area contributed by atoms with Gasteiger partial charge >= 0.3 is 0 Å². The summed E-state index contributed by atoms with van der Waals surface area (Å²) in [6.07, 6.45) is 6.26. The second-order valence-electron chi connectivity index (χ2n) is 12.4. The first-order valence-corrected chi connectivity index (χ1v) is 16.7. The highest BCUT2D eigenvalue weighted by molar-refractivity contribution is 6.39. The predicted molar refractivity (Wildman–Crippen MR) is 185 cm³/mol. The van der Waals surface area contributed by atoms with E-state index in [1.165, 1.54) is 0 Å². The van der Waals surface area contributed by atoms with Gasteiger partial charge in [-0.15, -0.1) is 0 Å². The zero-order valence-corrected chi connectivity index (χ0v) is 28.7. The number of hydrogen-bond acceptors (Lipinski definition) is 10. The Morgan fingerprint density at radius 2 is 1.48 bits per heavy atom. The number of nitrogens with zero attached hydrogens (tertiary/aromatic N) is 5. The van der Waals surface area contributed by atoms with Crippen LogP contribution in [0.15, 0.2) is 48.8 Å². The van der Waals surface area contributed by atoms with E-state index in [9.17, 15) is 9.90 Å². The number of aromatic nitrogens is 4. The zero-order chi connectivity index (χ0) is 33.8. The van der Waals surface area contributed by atoms with Gasteiger partial charge in [0.2, 0.25) is 17.7 Å². The second kappa shape index (κ2) is 15.1. The smallest absolute Gasteiger partial charge is 0.237 e. The van der Waals surface area contributed by atoms with Crippen LogP contribution in [-0.2, 0) is 17.9 Å². The average molecular weight is 693 g/mol. The molecule has 4 aromatic rings. The number of ether oxygens (including phenoxy) is 2. The molecule has 1 aliphatic heterocycles. The van der Waals surface area contributed by atoms with Gasteiger partial charge in [0.05, 0.1) is 54.2 Å². The molecule has 1 amide bonds. The Bertz CT molecular complexity index is 1790. The fraction of sp³-hybridized carbons (Fsp3) is 0.400. The molecule has 11 nitrogen and oxygen atoms in total. The van der Waals surface area contributed by atoms with Crippen LogP contribution in [0.25, 0.3) is 33.6 Å². The van der Waals surface area contributed by atoms with Crippen molar-refractivity contribution in [2.24, 2.45) is 5.92 Å². The molecule has 6 rings (SSSR count). The Labute approximate surface area is 290 Å². The number of aliphatic hydroxyl groups is 1. The molecule has 48 heavy (non-hydrogen) atoms. The van der Waals surface area contributed by atoms with Crippen LogP contribution in [0.1, 0.15) is 37.1 Å². The molecule has 3 heterocycles. The van der Waals surface area contributed by atoms with Crippen LogP contribution in [0.4, 0.5) is 0 Å². The predicted octanol–water partition coefficient (Wildman–Crippen LogP) is 5.16. The molecule has 0 spiro atoms. The second-order valence-corrected chi connectivity index (χ2v) is 13.1. The lowest BCUT2D eigenvalue weighted by atomic mass is 9.82. The quantitative estimate of drug-likeness (QED) is 0.173. The molecular weight excluding hydrogens is 653 g/mol. The van der Waals surface area contributed by atoms with Crippen LogP contribution >= 0.6 is 23.2 Å². The van der Waals surface area contributed by atoms with Crippen LogP contribution in [0, 0.1) is 5.92 Å². The maximum absolute atomic E-state index is 11.5. The van der Waals surface area contributed by atoms with E-state index in [-0.39, 0.29) is 18.1 Å². The van der Waals surface area contributed by atoms with Gasteiger partial charge in [0.15, 0.2) is 0 Å². The standard InChI is InChI=1S/C35H39Cl2N7O4/c1-44(18-20-12-22(45)13-20)19-30-35(48-3)43-28(17-40-30)26-9-5-7-24(33(26)37)23-6-4-8-25(32(23)36)27-16-39-29(34(42-27)47-2)15-38-14-21-10-11-31(46)41-21/h4-9,16-17,20-22,38,45H,10-15,18-19H2,1-3H3,(H,41,46)/t20-,21-,22-/m0/s1. The molecule has 2 aromatic carbocycles. The lowest BCUT2D eigenvalue weighted by Gasteiger charge is -2.34. The van der Waals surface area contributed by atoms with E-state index in [0.717, 1.165) is 42.6 Å². The highest BCUT2D eigenvalue weighted by Gasteiger charge is 2.28. The van der Waals surface area contributed by atoms with Crippen molar-refractivity contribution in [1.82, 2.24) is 35.5 Å². The molecule has 1 atom stereocenters. The summed E-state index contributed by atoms with van der Waals surface area (Å²) in [5.74, 6) is 1.40. The van der Waals surface area contributed by atoms with E-state index in [0.29, 0.717) is 82.0 Å². The van der Waals surface area contributed by atoms with E-state index in [2.05, 4.69) is 20.5 Å². The molecule has 252 valence electrons. The Kier molecular flexibility index (Phi) is 10.7. The topological polar surface area (TPSA) is 135 Å². The van der Waals surface area contributed by atoms with Crippen molar-refractivity contribution in [3.05, 3.63) is 70.2 Å². The van der Waals surface area contributed by atoms with Crippen LogP contribution in [0.3, 0.4) is 0 Å². The SMILES string of the molecule is COc1nc(-c2cccc(-c3cccc(-c4cnc(CN(C)C[C@H]5C[C@H](O)C5)c(OC)n4)c3Cl)c2Cl)cnc1CNC[C@@H]1CCC(=O)N1. The van der Waals surface area contributed by atoms with Crippen molar-refractivity contribution >= 4 is 29.1 Å². The number of carbonyl (C=O) groups excluding carboxylic acids is 1. The van der Waals surface area contributed by atoms with E-state index in [1.54, 1.807) is 26.6 Å². The van der Waals surface area contributed by atoms with E-state index in [4.69, 9.17) is 47.6 Å². The first kappa shape index (κ1) is 34.0. The maximum atomic E-state index is 11.5. The number of rotatable bonds is 13. The van der Waals surface area contributed by atoms with Crippen molar-refractivity contribution in [2.75, 3.05) is 34.4 Å². The van der Waals surface area contributed by atoms with Crippen molar-refractivity contribution in [1.29, 1.82) is 0 Å². The van der Waals surface area contributed by atoms with Crippen molar-refractivity contribution < 1.29 is 19.4 Å². The van der Waals surface area contributed by atoms with Gasteiger partial charge in [0, 0.05) is 60.9 Å². The highest BCUT2D eigenvalue weighted by atomic mass is 35.5. The summed E-state index contributed by atoms with van der Waals surface area (Å²) >= 11 is 14.1. The van der Waals surface area contributed by atoms with E-state index >= 15 is 0 Å². The maximum Gasteiger partial charge on any atom is 0.237 e. The molecular formula is C35H39Cl2N7O4. The Morgan fingerprint density at radius 1 is 0.917 bits per heavy atom. The summed E-state index contributed by atoms with van der Waals surface area (Å²) in [4.78, 5) is 32.5. The lowest BCUT2D eigenvalue weighted by molar-refractivity contribution is -0.119. The van der Waals surface area contributed by atoms with Gasteiger partial charge in [-0.25, -0.2) is 9.97 Å². The first-order valence-electron chi connectivity index (χ1n) is 16.0. The number of nitrogens with one attached hydrogen (secondary N) is 2. The number of carbonyl (C=O) groups is 1. The molecule has 3 N–H and O–H groups in total. The van der Waals surface area contributed by atoms with Crippen molar-refractivity contribution in [3.8, 4) is 45.4 Å². The summed E-state index contributed by atoms with van der Waals surface area (Å²) in [5, 5.41) is 16.9. The number of aliphatic hydroxyl groups excluding tert-OH is 1. The summed E-state index contributed by atoms with van der Waals surface area (Å²) in [6, 6.07) is 11.5. The minimum absolute atomic E-state index is 0.0835. The zero-order valence-electron chi connectivity index (χ0n) is 27.2. The van der Waals surface area contributed by atoms with Gasteiger partial charge in [0.25, 0.3) is 0 Å². The van der Waals surface area contributed by atoms with Gasteiger partial charge in [-0.1, -0.05) is 59.6 Å². The van der Waals surface area contributed by atoms with Crippen LogP contribution in [-0.4, -0.2) is 82.4 Å². The van der Waals surface area contributed by atoms with Gasteiger partial charge in [-0.3, -0.25) is 14.8 Å². The third kappa shape index (κ3) is 7.55. The average Bonchev–Trinajstić information content (AvgIpc) is 3.49. The number of amides is 1. The number of hydrogen-bond donors (Lipinski definition) is 3. The minimum atomic E-state index is -0.175. The summed E-state index contributed by atoms with van der Waals surface area (Å²) in [6.45, 7) is 2.53. The van der Waals surface area contributed by atoms with Gasteiger partial charge < -0.3 is 30.1 Å².